The Balaban J connectivity index is 2.53. The van der Waals surface area contributed by atoms with Crippen LogP contribution < -0.4 is 0 Å². The number of carbonyl (C=O) groups excluding carboxylic acids is 2. The van der Waals surface area contributed by atoms with Gasteiger partial charge in [0.1, 0.15) is 6.61 Å². The highest BCUT2D eigenvalue weighted by Crippen LogP contribution is 2.10. The fourth-order valence-electron chi connectivity index (χ4n) is 1.32. The molecule has 0 aromatic rings. The Kier molecular flexibility index (Phi) is 2.71. The second-order valence-electron chi connectivity index (χ2n) is 2.89. The third-order valence-corrected chi connectivity index (χ3v) is 2.00. The van der Waals surface area contributed by atoms with Crippen molar-refractivity contribution in [3.05, 3.63) is 0 Å². The topological polar surface area (TPSA) is 57.6 Å². The van der Waals surface area contributed by atoms with Crippen LogP contribution in [0.4, 0.5) is 0 Å². The first-order valence-electron chi connectivity index (χ1n) is 4.58. The zero-order chi connectivity index (χ0) is 9.68. The van der Waals surface area contributed by atoms with E-state index in [4.69, 9.17) is 1.43 Å². The van der Waals surface area contributed by atoms with Gasteiger partial charge >= 0.3 is 0 Å². The van der Waals surface area contributed by atoms with E-state index >= 15 is 0 Å². The molecule has 0 aromatic carbocycles. The van der Waals surface area contributed by atoms with Gasteiger partial charge in [0.05, 0.1) is 0 Å². The number of aliphatic hydroxyl groups is 1. The molecule has 0 bridgehead atoms. The van der Waals surface area contributed by atoms with Gasteiger partial charge < -0.3 is 5.11 Å². The predicted octanol–water partition coefficient (Wildman–Crippen LogP) is -0.0921. The monoisotopic (exact) mass is 172 g/mol. The third kappa shape index (κ3) is 2.04. The van der Waals surface area contributed by atoms with E-state index in [2.05, 4.69) is 5.11 Å². The van der Waals surface area contributed by atoms with Crippen LogP contribution in [0.5, 0.6) is 0 Å². The van der Waals surface area contributed by atoms with Crippen molar-refractivity contribution < 1.29 is 14.7 Å². The Morgan fingerprint density at radius 3 is 3.17 bits per heavy atom. The number of likely N-dealkylation sites (tertiary alicyclic amines) is 1. The van der Waals surface area contributed by atoms with Crippen molar-refractivity contribution in [1.82, 2.24) is 4.90 Å². The van der Waals surface area contributed by atoms with Gasteiger partial charge in [-0.15, -0.1) is 0 Å². The summed E-state index contributed by atoms with van der Waals surface area (Å²) in [5, 5.41) is 3.95. The molecule has 4 nitrogen and oxygen atoms in total. The molecule has 0 atom stereocenters. The number of nitrogens with zero attached hydrogens (tertiary/aromatic N) is 1. The molecule has 0 radical (unpaired) electrons. The van der Waals surface area contributed by atoms with Gasteiger partial charge in [-0.25, -0.2) is 0 Å². The predicted molar refractivity (Wildman–Crippen MR) is 42.3 cm³/mol. The van der Waals surface area contributed by atoms with Crippen LogP contribution in [0.2, 0.25) is 0 Å². The molecule has 1 aliphatic heterocycles. The largest absolute Gasteiger partial charge is 0.387 e. The second kappa shape index (κ2) is 4.21. The molecule has 68 valence electrons. The molecule has 4 heteroatoms. The zero-order valence-electron chi connectivity index (χ0n) is 7.91. The molecular weight excluding hydrogens is 158 g/mol. The van der Waals surface area contributed by atoms with E-state index in [0.29, 0.717) is 13.0 Å². The highest BCUT2D eigenvalue weighted by atomic mass is 16.3. The molecule has 1 aliphatic rings. The third-order valence-electron chi connectivity index (χ3n) is 2.00. The first kappa shape index (κ1) is 7.73. The number of carbonyl (C=O) groups is 2. The molecule has 0 saturated carbocycles. The molecule has 1 heterocycles. The maximum Gasteiger partial charge on any atom is 0.254 e. The quantitative estimate of drug-likeness (QED) is 0.633. The normalized spacial score (nSPS) is 20.2. The molecule has 0 spiro atoms. The lowest BCUT2D eigenvalue weighted by Gasteiger charge is -2.16. The summed E-state index contributed by atoms with van der Waals surface area (Å²) in [5.41, 5.74) is 0. The lowest BCUT2D eigenvalue weighted by atomic mass is 10.2. The zero-order valence-corrected chi connectivity index (χ0v) is 6.91. The minimum atomic E-state index is -0.401. The van der Waals surface area contributed by atoms with E-state index in [9.17, 15) is 9.59 Å². The lowest BCUT2D eigenvalue weighted by molar-refractivity contribution is -0.146. The highest BCUT2D eigenvalue weighted by molar-refractivity contribution is 5.95. The van der Waals surface area contributed by atoms with Crippen LogP contribution in [-0.2, 0) is 9.59 Å². The van der Waals surface area contributed by atoms with Gasteiger partial charge in [-0.05, 0) is 12.8 Å². The molecule has 0 aromatic heterocycles. The number of rotatable bonds is 2. The van der Waals surface area contributed by atoms with Crippen molar-refractivity contribution >= 4 is 11.8 Å². The van der Waals surface area contributed by atoms with Crippen LogP contribution in [0.15, 0.2) is 0 Å². The molecule has 1 saturated heterocycles. The summed E-state index contributed by atoms with van der Waals surface area (Å²) in [6, 6.07) is 0. The summed E-state index contributed by atoms with van der Waals surface area (Å²) in [4.78, 5) is 23.7. The molecule has 1 N–H and O–H groups in total. The Morgan fingerprint density at radius 1 is 1.58 bits per heavy atom. The average molecular weight is 172 g/mol. The van der Waals surface area contributed by atoms with Gasteiger partial charge in [0.2, 0.25) is 7.34 Å². The standard InChI is InChI=1S/C8H13NO3/c10-6-8(12)9-5-3-1-2-4-7(9)11/h10H,1-6H2/i10D. The number of imide groups is 1. The van der Waals surface area contributed by atoms with Gasteiger partial charge in [0, 0.05) is 13.0 Å². The van der Waals surface area contributed by atoms with E-state index in [0.717, 1.165) is 19.3 Å². The fraction of sp³-hybridized carbons (Fsp3) is 0.750. The van der Waals surface area contributed by atoms with Gasteiger partial charge in [-0.2, -0.15) is 0 Å². The highest BCUT2D eigenvalue weighted by Gasteiger charge is 2.21. The van der Waals surface area contributed by atoms with Crippen LogP contribution in [-0.4, -0.2) is 36.4 Å². The first-order valence-corrected chi connectivity index (χ1v) is 4.17. The molecule has 0 unspecified atom stereocenters. The minimum absolute atomic E-state index is 0.139. The van der Waals surface area contributed by atoms with Gasteiger partial charge in [-0.3, -0.25) is 14.5 Å². The summed E-state index contributed by atoms with van der Waals surface area (Å²) >= 11 is 0. The summed E-state index contributed by atoms with van der Waals surface area (Å²) in [7, 11) is 0. The van der Waals surface area contributed by atoms with Crippen LogP contribution in [0.3, 0.4) is 0 Å². The van der Waals surface area contributed by atoms with E-state index < -0.39 is 5.91 Å². The second-order valence-corrected chi connectivity index (χ2v) is 2.89. The Hall–Kier alpha value is -0.900. The molecule has 12 heavy (non-hydrogen) atoms. The van der Waals surface area contributed by atoms with Gasteiger partial charge in [0.25, 0.3) is 5.91 Å². The smallest absolute Gasteiger partial charge is 0.254 e. The summed E-state index contributed by atoms with van der Waals surface area (Å²) in [5.74, 6) is -0.540. The van der Waals surface area contributed by atoms with Gasteiger partial charge in [-0.1, -0.05) is 6.42 Å². The number of amides is 2. The van der Waals surface area contributed by atoms with Crippen LogP contribution >= 0.6 is 0 Å². The van der Waals surface area contributed by atoms with Crippen molar-refractivity contribution in [3.63, 3.8) is 0 Å². The van der Waals surface area contributed by atoms with Crippen LogP contribution in [0.1, 0.15) is 25.7 Å². The van der Waals surface area contributed by atoms with Crippen molar-refractivity contribution in [2.24, 2.45) is 0 Å². The van der Waals surface area contributed by atoms with Crippen LogP contribution in [0.25, 0.3) is 0 Å². The first-order chi connectivity index (χ1) is 6.25. The summed E-state index contributed by atoms with van der Waals surface area (Å²) in [6.07, 6.45) is 3.13. The lowest BCUT2D eigenvalue weighted by Crippen LogP contribution is -2.38. The number of hydrogen-bond donors (Lipinski definition) is 1. The van der Waals surface area contributed by atoms with E-state index in [-0.39, 0.29) is 12.5 Å². The summed E-state index contributed by atoms with van der Waals surface area (Å²) < 4.78 is 6.41. The molecular formula is C8H13NO3. The number of aliphatic hydroxyl groups excluding tert-OH is 1. The van der Waals surface area contributed by atoms with Crippen molar-refractivity contribution in [3.8, 4) is 0 Å². The fourth-order valence-corrected chi connectivity index (χ4v) is 1.32. The Morgan fingerprint density at radius 2 is 2.42 bits per heavy atom. The molecule has 1 rings (SSSR count). The van der Waals surface area contributed by atoms with Crippen molar-refractivity contribution in [1.29, 1.82) is 1.43 Å². The number of hydrogen-bond acceptors (Lipinski definition) is 3. The van der Waals surface area contributed by atoms with E-state index in [1.54, 1.807) is 0 Å². The maximum atomic E-state index is 11.3. The van der Waals surface area contributed by atoms with E-state index in [1.165, 1.54) is 4.90 Å². The molecule has 2 amide bonds. The summed E-state index contributed by atoms with van der Waals surface area (Å²) in [6.45, 7) is 0.146. The van der Waals surface area contributed by atoms with Crippen LogP contribution in [0, 0.1) is 0 Å². The van der Waals surface area contributed by atoms with E-state index in [1.807, 2.05) is 0 Å². The maximum absolute atomic E-state index is 11.3. The van der Waals surface area contributed by atoms with Crippen molar-refractivity contribution in [2.75, 3.05) is 13.2 Å². The molecule has 0 aliphatic carbocycles. The average Bonchev–Trinajstić information content (AvgIpc) is 2.30. The molecule has 1 fully saturated rings. The SMILES string of the molecule is [2H]OCC(=O)N1CCCCCC1=O. The Labute approximate surface area is 72.7 Å². The minimum Gasteiger partial charge on any atom is -0.387 e. The Bertz CT molecular complexity index is 208. The van der Waals surface area contributed by atoms with Gasteiger partial charge in [0.15, 0.2) is 0 Å². The van der Waals surface area contributed by atoms with Crippen molar-refractivity contribution in [2.45, 2.75) is 25.7 Å².